The fourth-order valence-electron chi connectivity index (χ4n) is 4.54. The molecule has 5 rings (SSSR count). The van der Waals surface area contributed by atoms with Crippen LogP contribution in [0.2, 0.25) is 0 Å². The van der Waals surface area contributed by atoms with Crippen LogP contribution in [-0.2, 0) is 10.8 Å². The van der Waals surface area contributed by atoms with Gasteiger partial charge in [-0.1, -0.05) is 71.0 Å². The summed E-state index contributed by atoms with van der Waals surface area (Å²) in [6, 6.07) is 17.5. The lowest BCUT2D eigenvalue weighted by atomic mass is 9.68. The van der Waals surface area contributed by atoms with Crippen molar-refractivity contribution >= 4 is 21.7 Å². The summed E-state index contributed by atoms with van der Waals surface area (Å²) in [5, 5.41) is 3.81. The maximum Gasteiger partial charge on any atom is 0.0802 e. The van der Waals surface area contributed by atoms with Crippen LogP contribution in [0, 0.1) is 0 Å². The quantitative estimate of drug-likeness (QED) is 0.366. The molecule has 1 aliphatic carbocycles. The molecule has 0 N–H and O–H groups in total. The molecule has 0 bridgehead atoms. The van der Waals surface area contributed by atoms with Crippen LogP contribution >= 0.6 is 0 Å². The number of hydrogen-bond donors (Lipinski definition) is 0. The summed E-state index contributed by atoms with van der Waals surface area (Å²) < 4.78 is 0. The van der Waals surface area contributed by atoms with Gasteiger partial charge in [-0.15, -0.1) is 0 Å². The van der Waals surface area contributed by atoms with Crippen molar-refractivity contribution in [2.24, 2.45) is 0 Å². The lowest BCUT2D eigenvalue weighted by Crippen LogP contribution is -2.26. The minimum atomic E-state index is -0.118. The van der Waals surface area contributed by atoms with Crippen molar-refractivity contribution in [2.45, 2.75) is 45.4 Å². The fraction of sp³-hybridized carbons (Fsp3) is 0.280. The molecule has 134 valence electrons. The van der Waals surface area contributed by atoms with Gasteiger partial charge in [-0.25, -0.2) is 0 Å². The fourth-order valence-corrected chi connectivity index (χ4v) is 4.54. The average Bonchev–Trinajstić information content (AvgIpc) is 2.64. The van der Waals surface area contributed by atoms with Crippen molar-refractivity contribution in [1.82, 2.24) is 9.97 Å². The Kier molecular flexibility index (Phi) is 3.14. The summed E-state index contributed by atoms with van der Waals surface area (Å²) in [5.74, 6) is 0. The lowest BCUT2D eigenvalue weighted by Gasteiger charge is -2.36. The maximum absolute atomic E-state index is 5.01. The van der Waals surface area contributed by atoms with E-state index in [1.165, 1.54) is 32.8 Å². The topological polar surface area (TPSA) is 25.8 Å². The van der Waals surface area contributed by atoms with Crippen molar-refractivity contribution in [3.8, 4) is 11.3 Å². The van der Waals surface area contributed by atoms with Gasteiger partial charge in [-0.3, -0.25) is 9.97 Å². The Hall–Kier alpha value is -2.74. The highest BCUT2D eigenvalue weighted by molar-refractivity contribution is 6.04. The predicted molar refractivity (Wildman–Crippen MR) is 113 cm³/mol. The van der Waals surface area contributed by atoms with Crippen LogP contribution < -0.4 is 0 Å². The monoisotopic (exact) mass is 352 g/mol. The number of hydrogen-bond acceptors (Lipinski definition) is 2. The molecule has 0 saturated carbocycles. The van der Waals surface area contributed by atoms with Crippen LogP contribution in [0.25, 0.3) is 32.9 Å². The van der Waals surface area contributed by atoms with Crippen LogP contribution in [0.1, 0.15) is 51.4 Å². The maximum atomic E-state index is 5.01. The molecule has 2 aromatic carbocycles. The van der Waals surface area contributed by atoms with Crippen LogP contribution in [0.15, 0.2) is 54.7 Å². The Morgan fingerprint density at radius 2 is 1.70 bits per heavy atom. The largest absolute Gasteiger partial charge is 0.255 e. The highest BCUT2D eigenvalue weighted by Gasteiger charge is 2.37. The highest BCUT2D eigenvalue weighted by atomic mass is 14.8. The lowest BCUT2D eigenvalue weighted by molar-refractivity contribution is 0.565. The van der Waals surface area contributed by atoms with E-state index in [2.05, 4.69) is 83.1 Å². The van der Waals surface area contributed by atoms with E-state index in [-0.39, 0.29) is 10.8 Å². The number of pyridine rings is 2. The van der Waals surface area contributed by atoms with E-state index in [4.69, 9.17) is 9.97 Å². The Balaban J connectivity index is 1.99. The SMILES string of the molecule is CC(C)(C)c1cc2c3c(nccc3n1)-c1ccc3ccccc3c1C2(C)C. The van der Waals surface area contributed by atoms with Crippen molar-refractivity contribution in [1.29, 1.82) is 0 Å². The van der Waals surface area contributed by atoms with E-state index in [1.807, 2.05) is 6.20 Å². The van der Waals surface area contributed by atoms with Gasteiger partial charge in [0.15, 0.2) is 0 Å². The van der Waals surface area contributed by atoms with Crippen LogP contribution in [-0.4, -0.2) is 9.97 Å². The van der Waals surface area contributed by atoms with Gasteiger partial charge in [-0.2, -0.15) is 0 Å². The first-order valence-corrected chi connectivity index (χ1v) is 9.62. The molecule has 0 fully saturated rings. The molecule has 0 atom stereocenters. The van der Waals surface area contributed by atoms with Crippen LogP contribution in [0.5, 0.6) is 0 Å². The van der Waals surface area contributed by atoms with E-state index in [0.29, 0.717) is 0 Å². The van der Waals surface area contributed by atoms with Gasteiger partial charge < -0.3 is 0 Å². The third-order valence-corrected chi connectivity index (χ3v) is 5.97. The number of aromatic nitrogens is 2. The molecule has 0 unspecified atom stereocenters. The molecule has 0 spiro atoms. The molecule has 2 heteroatoms. The molecule has 0 saturated heterocycles. The Morgan fingerprint density at radius 3 is 2.48 bits per heavy atom. The third kappa shape index (κ3) is 2.19. The molecular weight excluding hydrogens is 328 g/mol. The van der Waals surface area contributed by atoms with Gasteiger partial charge in [0.1, 0.15) is 0 Å². The van der Waals surface area contributed by atoms with Gasteiger partial charge >= 0.3 is 0 Å². The molecule has 2 nitrogen and oxygen atoms in total. The van der Waals surface area contributed by atoms with Crippen molar-refractivity contribution in [2.75, 3.05) is 0 Å². The average molecular weight is 352 g/mol. The zero-order valence-corrected chi connectivity index (χ0v) is 16.6. The van der Waals surface area contributed by atoms with E-state index in [0.717, 1.165) is 16.9 Å². The van der Waals surface area contributed by atoms with Crippen molar-refractivity contribution in [3.05, 3.63) is 71.5 Å². The molecule has 0 radical (unpaired) electrons. The van der Waals surface area contributed by atoms with Gasteiger partial charge in [0.2, 0.25) is 0 Å². The summed E-state index contributed by atoms with van der Waals surface area (Å²) in [7, 11) is 0. The number of benzene rings is 2. The molecule has 2 heterocycles. The summed E-state index contributed by atoms with van der Waals surface area (Å²) in [5.41, 5.74) is 7.09. The second-order valence-corrected chi connectivity index (χ2v) is 9.19. The predicted octanol–water partition coefficient (Wildman–Crippen LogP) is 6.39. The van der Waals surface area contributed by atoms with E-state index in [9.17, 15) is 0 Å². The highest BCUT2D eigenvalue weighted by Crippen LogP contribution is 2.50. The first kappa shape index (κ1) is 16.4. The third-order valence-electron chi connectivity index (χ3n) is 5.97. The Bertz CT molecular complexity index is 1230. The molecule has 4 aromatic rings. The zero-order chi connectivity index (χ0) is 19.0. The standard InChI is InChI=1S/C25H24N2/c1-24(2,3)20-14-18-21-19(27-20)12-13-26-23(21)17-11-10-15-8-6-7-9-16(15)22(17)25(18,4)5/h6-14H,1-5H3. The second kappa shape index (κ2) is 5.16. The smallest absolute Gasteiger partial charge is 0.0802 e. The van der Waals surface area contributed by atoms with Gasteiger partial charge in [0, 0.05) is 33.7 Å². The van der Waals surface area contributed by atoms with E-state index in [1.54, 1.807) is 0 Å². The number of nitrogens with zero attached hydrogens (tertiary/aromatic N) is 2. The van der Waals surface area contributed by atoms with Gasteiger partial charge in [0.25, 0.3) is 0 Å². The summed E-state index contributed by atoms with van der Waals surface area (Å²) in [6.07, 6.45) is 1.90. The van der Waals surface area contributed by atoms with E-state index >= 15 is 0 Å². The van der Waals surface area contributed by atoms with Crippen LogP contribution in [0.3, 0.4) is 0 Å². The molecule has 0 amide bonds. The second-order valence-electron chi connectivity index (χ2n) is 9.19. The molecule has 27 heavy (non-hydrogen) atoms. The first-order chi connectivity index (χ1) is 12.8. The van der Waals surface area contributed by atoms with Crippen LogP contribution in [0.4, 0.5) is 0 Å². The molecule has 2 aromatic heterocycles. The number of fused-ring (bicyclic) bond motifs is 4. The summed E-state index contributed by atoms with van der Waals surface area (Å²) in [6.45, 7) is 11.4. The molecular formula is C25H24N2. The Labute approximate surface area is 160 Å². The van der Waals surface area contributed by atoms with Crippen molar-refractivity contribution < 1.29 is 0 Å². The van der Waals surface area contributed by atoms with Gasteiger partial charge in [0.05, 0.1) is 11.2 Å². The van der Waals surface area contributed by atoms with Gasteiger partial charge in [-0.05, 0) is 34.0 Å². The van der Waals surface area contributed by atoms with E-state index < -0.39 is 0 Å². The minimum Gasteiger partial charge on any atom is -0.255 e. The summed E-state index contributed by atoms with van der Waals surface area (Å²) in [4.78, 5) is 9.81. The first-order valence-electron chi connectivity index (χ1n) is 9.62. The Morgan fingerprint density at radius 1 is 0.926 bits per heavy atom. The van der Waals surface area contributed by atoms with Crippen molar-refractivity contribution in [3.63, 3.8) is 0 Å². The number of rotatable bonds is 0. The molecule has 0 aliphatic heterocycles. The molecule has 1 aliphatic rings. The summed E-state index contributed by atoms with van der Waals surface area (Å²) >= 11 is 0. The minimum absolute atomic E-state index is 0.00321. The zero-order valence-electron chi connectivity index (χ0n) is 16.6. The normalized spacial score (nSPS) is 15.1.